The normalized spacial score (nSPS) is 23.4. The molecule has 3 heterocycles. The van der Waals surface area contributed by atoms with Crippen molar-refractivity contribution in [3.8, 4) is 0 Å². The van der Waals surface area contributed by atoms with Crippen LogP contribution in [0.1, 0.15) is 88.1 Å². The molecule has 2 atom stereocenters. The van der Waals surface area contributed by atoms with E-state index in [1.807, 2.05) is 0 Å². The zero-order valence-corrected chi connectivity index (χ0v) is 26.7. The molecule has 42 heavy (non-hydrogen) atoms. The van der Waals surface area contributed by atoms with Crippen molar-refractivity contribution in [2.45, 2.75) is 97.4 Å². The summed E-state index contributed by atoms with van der Waals surface area (Å²) in [7, 11) is 0. The molecule has 1 aliphatic carbocycles. The van der Waals surface area contributed by atoms with Gasteiger partial charge in [-0.25, -0.2) is 0 Å². The van der Waals surface area contributed by atoms with Crippen molar-refractivity contribution >= 4 is 51.5 Å². The molecule has 0 aromatic heterocycles. The number of anilines is 5. The third-order valence-electron chi connectivity index (χ3n) is 11.5. The Hall–Kier alpha value is -3.46. The maximum atomic E-state index is 2.86. The molecule has 4 aromatic carbocycles. The van der Waals surface area contributed by atoms with E-state index in [0.29, 0.717) is 0 Å². The fourth-order valence-corrected chi connectivity index (χ4v) is 9.02. The van der Waals surface area contributed by atoms with Crippen LogP contribution in [0, 0.1) is 20.8 Å². The molecule has 0 spiro atoms. The highest BCUT2D eigenvalue weighted by atomic mass is 15.3. The van der Waals surface area contributed by atoms with Crippen molar-refractivity contribution in [2.24, 2.45) is 0 Å². The molecule has 2 nitrogen and oxygen atoms in total. The molecule has 0 radical (unpaired) electrons. The Balaban J connectivity index is 1.54. The monoisotopic (exact) mass is 550 g/mol. The first kappa shape index (κ1) is 26.2. The van der Waals surface area contributed by atoms with Crippen LogP contribution in [0.15, 0.2) is 66.7 Å². The van der Waals surface area contributed by atoms with E-state index in [-0.39, 0.29) is 23.1 Å². The van der Waals surface area contributed by atoms with E-state index in [1.54, 1.807) is 5.56 Å². The van der Waals surface area contributed by atoms with Gasteiger partial charge in [-0.2, -0.15) is 0 Å². The quantitative estimate of drug-likeness (QED) is 0.194. The smallest absolute Gasteiger partial charge is 0.252 e. The molecule has 4 aliphatic rings. The number of fused-ring (bicyclic) bond motifs is 7. The van der Waals surface area contributed by atoms with Gasteiger partial charge in [0.05, 0.1) is 5.54 Å². The molecule has 1 fully saturated rings. The van der Waals surface area contributed by atoms with Gasteiger partial charge in [0.2, 0.25) is 0 Å². The Kier molecular flexibility index (Phi) is 5.20. The summed E-state index contributed by atoms with van der Waals surface area (Å²) >= 11 is 0. The summed E-state index contributed by atoms with van der Waals surface area (Å²) < 4.78 is 0. The van der Waals surface area contributed by atoms with E-state index in [4.69, 9.17) is 0 Å². The summed E-state index contributed by atoms with van der Waals surface area (Å²) in [4.78, 5) is 5.42. The van der Waals surface area contributed by atoms with Crippen LogP contribution in [-0.2, 0) is 10.8 Å². The predicted octanol–water partition coefficient (Wildman–Crippen LogP) is 8.26. The fourth-order valence-electron chi connectivity index (χ4n) is 9.02. The fraction of sp³-hybridized carbons (Fsp3) is 0.385. The summed E-state index contributed by atoms with van der Waals surface area (Å²) in [6.07, 6.45) is 5.10. The van der Waals surface area contributed by atoms with E-state index in [2.05, 4.69) is 132 Å². The summed E-state index contributed by atoms with van der Waals surface area (Å²) in [6, 6.07) is 26.5. The lowest BCUT2D eigenvalue weighted by Gasteiger charge is -2.53. The molecule has 0 bridgehead atoms. The molecule has 8 rings (SSSR count). The Morgan fingerprint density at radius 3 is 2.10 bits per heavy atom. The maximum Gasteiger partial charge on any atom is 0.252 e. The van der Waals surface area contributed by atoms with Crippen LogP contribution in [-0.4, -0.2) is 12.3 Å². The van der Waals surface area contributed by atoms with Crippen molar-refractivity contribution < 1.29 is 0 Å². The molecule has 212 valence electrons. The Morgan fingerprint density at radius 2 is 1.36 bits per heavy atom. The van der Waals surface area contributed by atoms with Gasteiger partial charge in [0.1, 0.15) is 0 Å². The highest BCUT2D eigenvalue weighted by molar-refractivity contribution is 7.00. The van der Waals surface area contributed by atoms with E-state index < -0.39 is 0 Å². The standard InChI is InChI=1S/C39H43BN2/c1-24-11-14-28(15-12-24)41-32-16-13-25(2)20-30(32)40-31-21-26(3)19-29-36(31)42(39(8)18-10-9-17-38(29,39)7)34-23-27(37(4,5)6)22-33(41)35(34)40/h11-16,19-23H,9-10,17-18H2,1-8H3. The average molecular weight is 551 g/mol. The minimum atomic E-state index is 0.0282. The lowest BCUT2D eigenvalue weighted by molar-refractivity contribution is 0.195. The average Bonchev–Trinajstić information content (AvgIpc) is 3.15. The van der Waals surface area contributed by atoms with Crippen LogP contribution < -0.4 is 26.2 Å². The van der Waals surface area contributed by atoms with Crippen LogP contribution in [0.3, 0.4) is 0 Å². The third kappa shape index (κ3) is 3.23. The Bertz CT molecular complexity index is 1800. The van der Waals surface area contributed by atoms with Gasteiger partial charge < -0.3 is 9.80 Å². The van der Waals surface area contributed by atoms with Crippen molar-refractivity contribution in [1.82, 2.24) is 0 Å². The Labute approximate surface area is 252 Å². The molecule has 0 N–H and O–H groups in total. The molecule has 3 heteroatoms. The largest absolute Gasteiger partial charge is 0.335 e. The third-order valence-corrected chi connectivity index (χ3v) is 11.5. The zero-order chi connectivity index (χ0) is 29.3. The molecule has 4 aromatic rings. The number of benzene rings is 4. The number of aryl methyl sites for hydroxylation is 3. The lowest BCUT2D eigenvalue weighted by atomic mass is 9.33. The molecule has 2 unspecified atom stereocenters. The minimum absolute atomic E-state index is 0.0282. The van der Waals surface area contributed by atoms with Gasteiger partial charge in [-0.15, -0.1) is 0 Å². The number of hydrogen-bond acceptors (Lipinski definition) is 2. The molecule has 0 amide bonds. The van der Waals surface area contributed by atoms with Crippen molar-refractivity contribution in [3.05, 3.63) is 94.5 Å². The van der Waals surface area contributed by atoms with Gasteiger partial charge in [-0.05, 0) is 104 Å². The van der Waals surface area contributed by atoms with Crippen LogP contribution >= 0.6 is 0 Å². The van der Waals surface area contributed by atoms with Gasteiger partial charge in [0, 0.05) is 33.9 Å². The SMILES string of the molecule is Cc1ccc(N2c3ccc(C)cc3B3c4cc(C)cc5c4N(c4cc(C(C)(C)C)cc2c43)C2(C)CCCCC52C)cc1. The summed E-state index contributed by atoms with van der Waals surface area (Å²) in [5.41, 5.74) is 18.5. The molecular weight excluding hydrogens is 507 g/mol. The van der Waals surface area contributed by atoms with E-state index in [0.717, 1.165) is 0 Å². The second-order valence-electron chi connectivity index (χ2n) is 15.2. The first-order valence-corrected chi connectivity index (χ1v) is 16.0. The summed E-state index contributed by atoms with van der Waals surface area (Å²) in [5.74, 6) is 0. The first-order chi connectivity index (χ1) is 19.9. The highest BCUT2D eigenvalue weighted by Crippen LogP contribution is 2.62. The van der Waals surface area contributed by atoms with Gasteiger partial charge >= 0.3 is 0 Å². The van der Waals surface area contributed by atoms with Crippen molar-refractivity contribution in [2.75, 3.05) is 9.80 Å². The van der Waals surface area contributed by atoms with Crippen LogP contribution in [0.2, 0.25) is 0 Å². The maximum absolute atomic E-state index is 2.86. The zero-order valence-electron chi connectivity index (χ0n) is 26.7. The highest BCUT2D eigenvalue weighted by Gasteiger charge is 2.61. The minimum Gasteiger partial charge on any atom is -0.335 e. The number of nitrogens with zero attached hydrogens (tertiary/aromatic N) is 2. The Morgan fingerprint density at radius 1 is 0.690 bits per heavy atom. The molecular formula is C39H43BN2. The van der Waals surface area contributed by atoms with Gasteiger partial charge in [0.25, 0.3) is 6.71 Å². The van der Waals surface area contributed by atoms with Crippen molar-refractivity contribution in [1.29, 1.82) is 0 Å². The van der Waals surface area contributed by atoms with Crippen LogP contribution in [0.4, 0.5) is 28.4 Å². The lowest BCUT2D eigenvalue weighted by Crippen LogP contribution is -2.64. The van der Waals surface area contributed by atoms with E-state index >= 15 is 0 Å². The first-order valence-electron chi connectivity index (χ1n) is 16.0. The van der Waals surface area contributed by atoms with E-state index in [1.165, 1.54) is 92.8 Å². The molecule has 3 aliphatic heterocycles. The van der Waals surface area contributed by atoms with Crippen LogP contribution in [0.5, 0.6) is 0 Å². The van der Waals surface area contributed by atoms with Crippen molar-refractivity contribution in [3.63, 3.8) is 0 Å². The second-order valence-corrected chi connectivity index (χ2v) is 15.2. The topological polar surface area (TPSA) is 6.48 Å². The number of rotatable bonds is 1. The molecule has 0 saturated heterocycles. The predicted molar refractivity (Wildman–Crippen MR) is 181 cm³/mol. The number of hydrogen-bond donors (Lipinski definition) is 0. The second kappa shape index (κ2) is 8.34. The van der Waals surface area contributed by atoms with Crippen LogP contribution in [0.25, 0.3) is 0 Å². The van der Waals surface area contributed by atoms with E-state index in [9.17, 15) is 0 Å². The van der Waals surface area contributed by atoms with Gasteiger partial charge in [-0.1, -0.05) is 93.6 Å². The molecule has 1 saturated carbocycles. The summed E-state index contributed by atoms with van der Waals surface area (Å²) in [5, 5.41) is 0. The van der Waals surface area contributed by atoms with Gasteiger partial charge in [0.15, 0.2) is 0 Å². The van der Waals surface area contributed by atoms with Gasteiger partial charge in [-0.3, -0.25) is 0 Å². The summed E-state index contributed by atoms with van der Waals surface area (Å²) in [6.45, 7) is 19.3.